The van der Waals surface area contributed by atoms with E-state index in [-0.39, 0.29) is 18.8 Å². The molecule has 1 saturated carbocycles. The molecule has 1 aromatic carbocycles. The van der Waals surface area contributed by atoms with Gasteiger partial charge in [-0.25, -0.2) is 8.78 Å². The minimum absolute atomic E-state index is 0.0202. The van der Waals surface area contributed by atoms with Crippen LogP contribution in [0.4, 0.5) is 20.2 Å². The molecule has 0 bridgehead atoms. The molecular formula is C13H18F2N2. The third kappa shape index (κ3) is 3.08. The molecule has 0 aliphatic heterocycles. The first-order valence-electron chi connectivity index (χ1n) is 5.91. The molecule has 1 fully saturated rings. The summed E-state index contributed by atoms with van der Waals surface area (Å²) in [7, 11) is 1.93. The van der Waals surface area contributed by atoms with E-state index in [1.807, 2.05) is 36.2 Å². The molecular weight excluding hydrogens is 222 g/mol. The Hall–Kier alpha value is -1.32. The fraction of sp³-hybridized carbons (Fsp3) is 0.538. The number of nitrogens with two attached hydrogens (primary N) is 1. The van der Waals surface area contributed by atoms with Gasteiger partial charge in [0, 0.05) is 37.8 Å². The second-order valence-corrected chi connectivity index (χ2v) is 4.94. The predicted octanol–water partition coefficient (Wildman–Crippen LogP) is 3.14. The lowest BCUT2D eigenvalue weighted by molar-refractivity contribution is 0.00538. The van der Waals surface area contributed by atoms with Crippen molar-refractivity contribution >= 4 is 11.4 Å². The number of hydrogen-bond acceptors (Lipinski definition) is 2. The van der Waals surface area contributed by atoms with Crippen LogP contribution in [0.5, 0.6) is 0 Å². The van der Waals surface area contributed by atoms with Crippen LogP contribution in [0.3, 0.4) is 0 Å². The predicted molar refractivity (Wildman–Crippen MR) is 66.4 cm³/mol. The summed E-state index contributed by atoms with van der Waals surface area (Å²) in [5.74, 6) is -2.36. The van der Waals surface area contributed by atoms with E-state index in [1.54, 1.807) is 0 Å². The van der Waals surface area contributed by atoms with Gasteiger partial charge in [0.25, 0.3) is 0 Å². The first-order chi connectivity index (χ1) is 7.96. The van der Waals surface area contributed by atoms with Gasteiger partial charge in [0.1, 0.15) is 0 Å². The van der Waals surface area contributed by atoms with Crippen molar-refractivity contribution in [3.05, 3.63) is 24.3 Å². The SMILES string of the molecule is CN(CC1CCC(F)(F)C1)c1ccc(N)cc1. The summed E-state index contributed by atoms with van der Waals surface area (Å²) in [6.45, 7) is 0.680. The van der Waals surface area contributed by atoms with E-state index in [4.69, 9.17) is 5.73 Å². The Kier molecular flexibility index (Phi) is 3.22. The molecule has 0 heterocycles. The van der Waals surface area contributed by atoms with Gasteiger partial charge in [0.2, 0.25) is 5.92 Å². The summed E-state index contributed by atoms with van der Waals surface area (Å²) >= 11 is 0. The van der Waals surface area contributed by atoms with Gasteiger partial charge in [-0.3, -0.25) is 0 Å². The molecule has 94 valence electrons. The van der Waals surface area contributed by atoms with Crippen LogP contribution in [0.25, 0.3) is 0 Å². The summed E-state index contributed by atoms with van der Waals surface area (Å²) in [6, 6.07) is 7.50. The number of rotatable bonds is 3. The molecule has 0 spiro atoms. The van der Waals surface area contributed by atoms with Crippen molar-refractivity contribution in [1.29, 1.82) is 0 Å². The molecule has 17 heavy (non-hydrogen) atoms. The Morgan fingerprint density at radius 2 is 2.00 bits per heavy atom. The zero-order chi connectivity index (χ0) is 12.5. The minimum atomic E-state index is -2.45. The average Bonchev–Trinajstić information content (AvgIpc) is 2.59. The average molecular weight is 240 g/mol. The van der Waals surface area contributed by atoms with Crippen LogP contribution in [0.1, 0.15) is 19.3 Å². The maximum atomic E-state index is 13.1. The van der Waals surface area contributed by atoms with E-state index in [9.17, 15) is 8.78 Å². The Labute approximate surface area is 100 Å². The highest BCUT2D eigenvalue weighted by Crippen LogP contribution is 2.39. The van der Waals surface area contributed by atoms with Gasteiger partial charge in [0.15, 0.2) is 0 Å². The van der Waals surface area contributed by atoms with Gasteiger partial charge < -0.3 is 10.6 Å². The third-order valence-electron chi connectivity index (χ3n) is 3.37. The van der Waals surface area contributed by atoms with E-state index in [2.05, 4.69) is 0 Å². The van der Waals surface area contributed by atoms with Gasteiger partial charge in [-0.2, -0.15) is 0 Å². The lowest BCUT2D eigenvalue weighted by atomic mass is 10.1. The van der Waals surface area contributed by atoms with Crippen molar-refractivity contribution in [2.24, 2.45) is 5.92 Å². The normalized spacial score (nSPS) is 22.6. The highest BCUT2D eigenvalue weighted by atomic mass is 19.3. The van der Waals surface area contributed by atoms with E-state index in [1.165, 1.54) is 0 Å². The number of hydrogen-bond donors (Lipinski definition) is 1. The number of alkyl halides is 2. The van der Waals surface area contributed by atoms with Crippen molar-refractivity contribution in [3.63, 3.8) is 0 Å². The maximum Gasteiger partial charge on any atom is 0.248 e. The van der Waals surface area contributed by atoms with Crippen molar-refractivity contribution < 1.29 is 8.78 Å². The molecule has 2 nitrogen and oxygen atoms in total. The Balaban J connectivity index is 1.93. The highest BCUT2D eigenvalue weighted by molar-refractivity contribution is 5.52. The van der Waals surface area contributed by atoms with Crippen molar-refractivity contribution in [1.82, 2.24) is 0 Å². The first kappa shape index (κ1) is 12.1. The van der Waals surface area contributed by atoms with Crippen LogP contribution in [0.15, 0.2) is 24.3 Å². The fourth-order valence-corrected chi connectivity index (χ4v) is 2.42. The number of halogens is 2. The number of nitrogens with zero attached hydrogens (tertiary/aromatic N) is 1. The highest BCUT2D eigenvalue weighted by Gasteiger charge is 2.39. The van der Waals surface area contributed by atoms with Gasteiger partial charge >= 0.3 is 0 Å². The monoisotopic (exact) mass is 240 g/mol. The Morgan fingerprint density at radius 3 is 2.53 bits per heavy atom. The fourth-order valence-electron chi connectivity index (χ4n) is 2.42. The van der Waals surface area contributed by atoms with Gasteiger partial charge in [-0.05, 0) is 36.6 Å². The van der Waals surface area contributed by atoms with Gasteiger partial charge in [-0.15, -0.1) is 0 Å². The molecule has 4 heteroatoms. The van der Waals surface area contributed by atoms with Gasteiger partial charge in [0.05, 0.1) is 0 Å². The smallest absolute Gasteiger partial charge is 0.248 e. The largest absolute Gasteiger partial charge is 0.399 e. The van der Waals surface area contributed by atoms with E-state index >= 15 is 0 Å². The molecule has 1 unspecified atom stereocenters. The molecule has 1 aliphatic carbocycles. The number of benzene rings is 1. The molecule has 1 aromatic rings. The zero-order valence-electron chi connectivity index (χ0n) is 10.00. The van der Waals surface area contributed by atoms with Crippen LogP contribution < -0.4 is 10.6 Å². The summed E-state index contributed by atoms with van der Waals surface area (Å²) < 4.78 is 26.1. The van der Waals surface area contributed by atoms with Crippen LogP contribution >= 0.6 is 0 Å². The van der Waals surface area contributed by atoms with Crippen molar-refractivity contribution in [2.45, 2.75) is 25.2 Å². The third-order valence-corrected chi connectivity index (χ3v) is 3.37. The summed E-state index contributed by atoms with van der Waals surface area (Å²) in [5, 5.41) is 0. The second kappa shape index (κ2) is 4.51. The van der Waals surface area contributed by atoms with Crippen LogP contribution in [-0.2, 0) is 0 Å². The van der Waals surface area contributed by atoms with Crippen LogP contribution in [-0.4, -0.2) is 19.5 Å². The molecule has 2 N–H and O–H groups in total. The van der Waals surface area contributed by atoms with E-state index < -0.39 is 5.92 Å². The first-order valence-corrected chi connectivity index (χ1v) is 5.91. The summed E-state index contributed by atoms with van der Waals surface area (Å²) in [5.41, 5.74) is 7.35. The van der Waals surface area contributed by atoms with Crippen LogP contribution in [0.2, 0.25) is 0 Å². The number of nitrogen functional groups attached to an aromatic ring is 1. The standard InChI is InChI=1S/C13H18F2N2/c1-17(12-4-2-11(16)3-5-12)9-10-6-7-13(14,15)8-10/h2-5,10H,6-9,16H2,1H3. The number of anilines is 2. The summed E-state index contributed by atoms with van der Waals surface area (Å²) in [4.78, 5) is 2.02. The lowest BCUT2D eigenvalue weighted by Gasteiger charge is -2.23. The molecule has 0 radical (unpaired) electrons. The molecule has 0 amide bonds. The molecule has 2 rings (SSSR count). The van der Waals surface area contributed by atoms with Crippen molar-refractivity contribution in [3.8, 4) is 0 Å². The lowest BCUT2D eigenvalue weighted by Crippen LogP contribution is -2.25. The van der Waals surface area contributed by atoms with Crippen molar-refractivity contribution in [2.75, 3.05) is 24.2 Å². The zero-order valence-corrected chi connectivity index (χ0v) is 10.00. The summed E-state index contributed by atoms with van der Waals surface area (Å²) in [6.07, 6.45) is 0.672. The molecule has 0 aromatic heterocycles. The Morgan fingerprint density at radius 1 is 1.35 bits per heavy atom. The molecule has 1 aliphatic rings. The van der Waals surface area contributed by atoms with Crippen LogP contribution in [0, 0.1) is 5.92 Å². The van der Waals surface area contributed by atoms with E-state index in [0.717, 1.165) is 11.4 Å². The topological polar surface area (TPSA) is 29.3 Å². The second-order valence-electron chi connectivity index (χ2n) is 4.94. The van der Waals surface area contributed by atoms with E-state index in [0.29, 0.717) is 13.0 Å². The molecule has 0 saturated heterocycles. The minimum Gasteiger partial charge on any atom is -0.399 e. The quantitative estimate of drug-likeness (QED) is 0.822. The molecule has 1 atom stereocenters. The Bertz CT molecular complexity index is 376. The maximum absolute atomic E-state index is 13.1. The van der Waals surface area contributed by atoms with Gasteiger partial charge in [-0.1, -0.05) is 0 Å².